The number of rotatable bonds is 6. The van der Waals surface area contributed by atoms with Crippen molar-refractivity contribution in [3.8, 4) is 0 Å². The molecule has 0 aromatic carbocycles. The molecule has 2 heterocycles. The lowest BCUT2D eigenvalue weighted by molar-refractivity contribution is -0.0964. The smallest absolute Gasteiger partial charge is 0.214 e. The van der Waals surface area contributed by atoms with E-state index in [0.717, 1.165) is 24.8 Å². The standard InChI is InChI=1S/C13H22N2O4S/c1-13(2)6-3-4-12(19-13)10-20(16,17)15-7-5-11-8-14-18-9-11/h8-9,12,15H,3-7,10H2,1-2H3. The fraction of sp³-hybridized carbons (Fsp3) is 0.769. The molecule has 1 fully saturated rings. The molecule has 1 aliphatic heterocycles. The van der Waals surface area contributed by atoms with Crippen molar-refractivity contribution in [2.24, 2.45) is 0 Å². The van der Waals surface area contributed by atoms with Crippen LogP contribution in [0.3, 0.4) is 0 Å². The van der Waals surface area contributed by atoms with Gasteiger partial charge in [0.1, 0.15) is 6.26 Å². The van der Waals surface area contributed by atoms with Crippen molar-refractivity contribution in [1.29, 1.82) is 0 Å². The van der Waals surface area contributed by atoms with Crippen molar-refractivity contribution in [3.63, 3.8) is 0 Å². The Kier molecular flexibility index (Phi) is 4.82. The van der Waals surface area contributed by atoms with Gasteiger partial charge >= 0.3 is 0 Å². The zero-order chi connectivity index (χ0) is 14.6. The number of hydrogen-bond acceptors (Lipinski definition) is 5. The summed E-state index contributed by atoms with van der Waals surface area (Å²) in [6.45, 7) is 4.36. The van der Waals surface area contributed by atoms with Crippen LogP contribution in [0.5, 0.6) is 0 Å². The highest BCUT2D eigenvalue weighted by Gasteiger charge is 2.31. The highest BCUT2D eigenvalue weighted by Crippen LogP contribution is 2.28. The normalized spacial score (nSPS) is 22.8. The summed E-state index contributed by atoms with van der Waals surface area (Å²) in [4.78, 5) is 0. The number of ether oxygens (including phenoxy) is 1. The molecule has 1 aliphatic rings. The molecular weight excluding hydrogens is 280 g/mol. The Morgan fingerprint density at radius 2 is 2.30 bits per heavy atom. The summed E-state index contributed by atoms with van der Waals surface area (Å²) >= 11 is 0. The van der Waals surface area contributed by atoms with Gasteiger partial charge in [0, 0.05) is 12.1 Å². The van der Waals surface area contributed by atoms with Crippen LogP contribution in [0, 0.1) is 0 Å². The Balaban J connectivity index is 1.78. The Bertz CT molecular complexity index is 510. The molecule has 0 aliphatic carbocycles. The summed E-state index contributed by atoms with van der Waals surface area (Å²) in [5.41, 5.74) is 0.656. The van der Waals surface area contributed by atoms with Crippen molar-refractivity contribution in [2.45, 2.75) is 51.2 Å². The quantitative estimate of drug-likeness (QED) is 0.861. The molecule has 0 amide bonds. The molecule has 6 nitrogen and oxygen atoms in total. The van der Waals surface area contributed by atoms with Gasteiger partial charge in [0.05, 0.1) is 23.7 Å². The number of nitrogens with zero attached hydrogens (tertiary/aromatic N) is 1. The fourth-order valence-electron chi connectivity index (χ4n) is 2.45. The Morgan fingerprint density at radius 1 is 1.50 bits per heavy atom. The Morgan fingerprint density at radius 3 is 2.95 bits per heavy atom. The van der Waals surface area contributed by atoms with Crippen LogP contribution in [0.2, 0.25) is 0 Å². The van der Waals surface area contributed by atoms with E-state index < -0.39 is 10.0 Å². The van der Waals surface area contributed by atoms with Crippen molar-refractivity contribution in [2.75, 3.05) is 12.3 Å². The monoisotopic (exact) mass is 302 g/mol. The second-order valence-corrected chi connectivity index (χ2v) is 7.70. The van der Waals surface area contributed by atoms with Gasteiger partial charge in [-0.3, -0.25) is 0 Å². The van der Waals surface area contributed by atoms with E-state index in [9.17, 15) is 8.42 Å². The molecule has 7 heteroatoms. The van der Waals surface area contributed by atoms with Gasteiger partial charge in [-0.05, 0) is 39.5 Å². The maximum absolute atomic E-state index is 12.0. The maximum atomic E-state index is 12.0. The minimum absolute atomic E-state index is 0.0278. The van der Waals surface area contributed by atoms with E-state index in [1.54, 1.807) is 6.20 Å². The molecule has 1 atom stereocenters. The minimum Gasteiger partial charge on any atom is -0.371 e. The topological polar surface area (TPSA) is 81.4 Å². The molecule has 0 bridgehead atoms. The van der Waals surface area contributed by atoms with E-state index in [2.05, 4.69) is 9.88 Å². The molecule has 1 N–H and O–H groups in total. The lowest BCUT2D eigenvalue weighted by atomic mass is 9.96. The lowest BCUT2D eigenvalue weighted by Gasteiger charge is -2.35. The molecule has 1 aromatic heterocycles. The summed E-state index contributed by atoms with van der Waals surface area (Å²) < 4.78 is 37.1. The van der Waals surface area contributed by atoms with Crippen LogP contribution in [-0.4, -0.2) is 37.6 Å². The maximum Gasteiger partial charge on any atom is 0.214 e. The first-order valence-electron chi connectivity index (χ1n) is 6.90. The Hall–Kier alpha value is -0.920. The summed E-state index contributed by atoms with van der Waals surface area (Å²) in [6, 6.07) is 0. The average Bonchev–Trinajstić information content (AvgIpc) is 2.79. The van der Waals surface area contributed by atoms with Crippen molar-refractivity contribution >= 4 is 10.0 Å². The van der Waals surface area contributed by atoms with E-state index in [0.29, 0.717) is 13.0 Å². The SMILES string of the molecule is CC1(C)CCCC(CS(=O)(=O)NCCc2cnoc2)O1. The lowest BCUT2D eigenvalue weighted by Crippen LogP contribution is -2.41. The highest BCUT2D eigenvalue weighted by molar-refractivity contribution is 7.89. The van der Waals surface area contributed by atoms with Crippen LogP contribution >= 0.6 is 0 Å². The van der Waals surface area contributed by atoms with E-state index in [1.165, 1.54) is 6.26 Å². The van der Waals surface area contributed by atoms with Gasteiger partial charge in [-0.25, -0.2) is 13.1 Å². The van der Waals surface area contributed by atoms with Gasteiger partial charge in [-0.15, -0.1) is 0 Å². The van der Waals surface area contributed by atoms with E-state index in [4.69, 9.17) is 9.26 Å². The second kappa shape index (κ2) is 6.24. The largest absolute Gasteiger partial charge is 0.371 e. The predicted octanol–water partition coefficient (Wildman–Crippen LogP) is 1.48. The van der Waals surface area contributed by atoms with Gasteiger partial charge in [0.25, 0.3) is 0 Å². The van der Waals surface area contributed by atoms with Gasteiger partial charge < -0.3 is 9.26 Å². The molecule has 1 aromatic rings. The number of sulfonamides is 1. The van der Waals surface area contributed by atoms with Crippen molar-refractivity contribution in [1.82, 2.24) is 9.88 Å². The van der Waals surface area contributed by atoms with Crippen LogP contribution < -0.4 is 4.72 Å². The summed E-state index contributed by atoms with van der Waals surface area (Å²) in [6.07, 6.45) is 6.24. The van der Waals surface area contributed by atoms with E-state index in [-0.39, 0.29) is 17.5 Å². The third-order valence-corrected chi connectivity index (χ3v) is 4.87. The van der Waals surface area contributed by atoms with Crippen molar-refractivity contribution < 1.29 is 17.7 Å². The zero-order valence-corrected chi connectivity index (χ0v) is 12.8. The summed E-state index contributed by atoms with van der Waals surface area (Å²) in [5.74, 6) is 0.0278. The average molecular weight is 302 g/mol. The van der Waals surface area contributed by atoms with Crippen LogP contribution in [-0.2, 0) is 21.2 Å². The van der Waals surface area contributed by atoms with Gasteiger partial charge in [0.2, 0.25) is 10.0 Å². The van der Waals surface area contributed by atoms with Crippen LogP contribution in [0.1, 0.15) is 38.7 Å². The first-order chi connectivity index (χ1) is 9.36. The second-order valence-electron chi connectivity index (χ2n) is 5.85. The Labute approximate surface area is 119 Å². The van der Waals surface area contributed by atoms with Gasteiger partial charge in [-0.2, -0.15) is 0 Å². The molecule has 1 unspecified atom stereocenters. The molecule has 0 radical (unpaired) electrons. The predicted molar refractivity (Wildman–Crippen MR) is 74.8 cm³/mol. The first kappa shape index (κ1) is 15.5. The van der Waals surface area contributed by atoms with Crippen LogP contribution in [0.4, 0.5) is 0 Å². The van der Waals surface area contributed by atoms with Gasteiger partial charge in [-0.1, -0.05) is 5.16 Å². The fourth-order valence-corrected chi connectivity index (χ4v) is 3.70. The first-order valence-corrected chi connectivity index (χ1v) is 8.55. The van der Waals surface area contributed by atoms with Crippen LogP contribution in [0.25, 0.3) is 0 Å². The third-order valence-electron chi connectivity index (χ3n) is 3.42. The third kappa shape index (κ3) is 4.88. The molecular formula is C13H22N2O4S. The molecule has 0 spiro atoms. The number of hydrogen-bond donors (Lipinski definition) is 1. The van der Waals surface area contributed by atoms with E-state index in [1.807, 2.05) is 13.8 Å². The molecule has 1 saturated heterocycles. The van der Waals surface area contributed by atoms with Crippen LogP contribution in [0.15, 0.2) is 17.0 Å². The minimum atomic E-state index is -3.31. The van der Waals surface area contributed by atoms with Crippen molar-refractivity contribution in [3.05, 3.63) is 18.0 Å². The number of aromatic nitrogens is 1. The number of nitrogens with one attached hydrogen (secondary N) is 1. The molecule has 2 rings (SSSR count). The molecule has 114 valence electrons. The highest BCUT2D eigenvalue weighted by atomic mass is 32.2. The molecule has 20 heavy (non-hydrogen) atoms. The van der Waals surface area contributed by atoms with E-state index >= 15 is 0 Å². The zero-order valence-electron chi connectivity index (χ0n) is 12.0. The van der Waals surface area contributed by atoms with Gasteiger partial charge in [0.15, 0.2) is 0 Å². The summed E-state index contributed by atoms with van der Waals surface area (Å²) in [7, 11) is -3.31. The molecule has 0 saturated carbocycles. The summed E-state index contributed by atoms with van der Waals surface area (Å²) in [5, 5.41) is 3.57.